The number of para-hydroxylation sites is 1. The number of likely N-dealkylation sites (tertiary alicyclic amines) is 2. The molecule has 7 nitrogen and oxygen atoms in total. The van der Waals surface area contributed by atoms with Gasteiger partial charge < -0.3 is 20.4 Å². The van der Waals surface area contributed by atoms with Crippen LogP contribution in [0.1, 0.15) is 36.0 Å². The van der Waals surface area contributed by atoms with Crippen LogP contribution < -0.4 is 10.6 Å². The molecule has 2 aromatic carbocycles. The first-order chi connectivity index (χ1) is 15.5. The Balaban J connectivity index is 1.41. The average molecular weight is 455 g/mol. The topological polar surface area (TPSA) is 81.8 Å². The van der Waals surface area contributed by atoms with Crippen LogP contribution in [0.4, 0.5) is 16.2 Å². The van der Waals surface area contributed by atoms with E-state index in [9.17, 15) is 14.4 Å². The molecule has 2 aliphatic heterocycles. The minimum absolute atomic E-state index is 0.0303. The van der Waals surface area contributed by atoms with E-state index in [4.69, 9.17) is 11.6 Å². The Bertz CT molecular complexity index is 989. The molecule has 2 aromatic rings. The Morgan fingerprint density at radius 1 is 0.844 bits per heavy atom. The number of nitrogens with zero attached hydrogens (tertiary/aromatic N) is 2. The van der Waals surface area contributed by atoms with Gasteiger partial charge in [0.25, 0.3) is 5.91 Å². The second-order valence-electron chi connectivity index (χ2n) is 8.26. The molecule has 0 bridgehead atoms. The highest BCUT2D eigenvalue weighted by molar-refractivity contribution is 6.30. The molecule has 168 valence electrons. The first-order valence-corrected chi connectivity index (χ1v) is 11.4. The Kier molecular flexibility index (Phi) is 6.95. The highest BCUT2D eigenvalue weighted by atomic mass is 35.5. The molecule has 2 saturated heterocycles. The third-order valence-electron chi connectivity index (χ3n) is 5.97. The lowest BCUT2D eigenvalue weighted by Crippen LogP contribution is -2.48. The van der Waals surface area contributed by atoms with Crippen LogP contribution in [-0.2, 0) is 4.79 Å². The van der Waals surface area contributed by atoms with Crippen LogP contribution in [0.3, 0.4) is 0 Å². The van der Waals surface area contributed by atoms with Gasteiger partial charge in [0.05, 0.1) is 17.2 Å². The van der Waals surface area contributed by atoms with E-state index < -0.39 is 0 Å². The number of rotatable bonds is 4. The molecule has 1 atom stereocenters. The van der Waals surface area contributed by atoms with Crippen molar-refractivity contribution >= 4 is 40.8 Å². The second kappa shape index (κ2) is 10.0. The molecular formula is C24H27ClN4O3. The largest absolute Gasteiger partial charge is 0.325 e. The number of anilines is 2. The summed E-state index contributed by atoms with van der Waals surface area (Å²) in [6.07, 6.45) is 3.59. The average Bonchev–Trinajstić information content (AvgIpc) is 3.35. The van der Waals surface area contributed by atoms with Crippen LogP contribution in [0.25, 0.3) is 0 Å². The summed E-state index contributed by atoms with van der Waals surface area (Å²) in [6, 6.07) is 13.8. The number of hydrogen-bond acceptors (Lipinski definition) is 3. The smallest absolute Gasteiger partial charge is 0.320 e. The number of carbonyl (C=O) groups excluding carboxylic acids is 3. The van der Waals surface area contributed by atoms with Gasteiger partial charge in [-0.1, -0.05) is 23.7 Å². The van der Waals surface area contributed by atoms with E-state index in [1.54, 1.807) is 53.4 Å². The van der Waals surface area contributed by atoms with Gasteiger partial charge in [-0.05, 0) is 62.1 Å². The number of piperidine rings is 1. The third kappa shape index (κ3) is 5.22. The van der Waals surface area contributed by atoms with E-state index >= 15 is 0 Å². The van der Waals surface area contributed by atoms with Crippen LogP contribution in [-0.4, -0.2) is 53.8 Å². The monoisotopic (exact) mass is 454 g/mol. The summed E-state index contributed by atoms with van der Waals surface area (Å²) < 4.78 is 0. The van der Waals surface area contributed by atoms with Gasteiger partial charge in [-0.2, -0.15) is 0 Å². The predicted octanol–water partition coefficient (Wildman–Crippen LogP) is 4.46. The summed E-state index contributed by atoms with van der Waals surface area (Å²) in [5.74, 6) is -0.795. The summed E-state index contributed by atoms with van der Waals surface area (Å²) in [5.41, 5.74) is 1.44. The molecule has 4 rings (SSSR count). The molecule has 2 aliphatic rings. The van der Waals surface area contributed by atoms with Crippen molar-refractivity contribution in [1.82, 2.24) is 9.80 Å². The summed E-state index contributed by atoms with van der Waals surface area (Å²) >= 11 is 5.90. The molecule has 0 aliphatic carbocycles. The quantitative estimate of drug-likeness (QED) is 0.715. The molecule has 2 fully saturated rings. The molecule has 2 heterocycles. The number of nitrogens with one attached hydrogen (secondary N) is 2. The maximum atomic E-state index is 13.0. The lowest BCUT2D eigenvalue weighted by Gasteiger charge is -2.34. The van der Waals surface area contributed by atoms with E-state index in [0.717, 1.165) is 38.8 Å². The third-order valence-corrected chi connectivity index (χ3v) is 6.22. The lowest BCUT2D eigenvalue weighted by atomic mass is 9.97. The fourth-order valence-electron chi connectivity index (χ4n) is 4.23. The highest BCUT2D eigenvalue weighted by Crippen LogP contribution is 2.23. The summed E-state index contributed by atoms with van der Waals surface area (Å²) in [5, 5.41) is 6.32. The van der Waals surface area contributed by atoms with E-state index in [1.807, 2.05) is 4.90 Å². The number of halogens is 1. The maximum Gasteiger partial charge on any atom is 0.320 e. The van der Waals surface area contributed by atoms with Gasteiger partial charge in [0.15, 0.2) is 0 Å². The Labute approximate surface area is 192 Å². The minimum atomic E-state index is -0.322. The molecule has 0 aromatic heterocycles. The zero-order chi connectivity index (χ0) is 22.5. The zero-order valence-electron chi connectivity index (χ0n) is 17.9. The zero-order valence-corrected chi connectivity index (χ0v) is 18.6. The lowest BCUT2D eigenvalue weighted by molar-refractivity contribution is -0.121. The Morgan fingerprint density at radius 2 is 1.53 bits per heavy atom. The fraction of sp³-hybridized carbons (Fsp3) is 0.375. The van der Waals surface area contributed by atoms with E-state index in [2.05, 4.69) is 10.6 Å². The highest BCUT2D eigenvalue weighted by Gasteiger charge is 2.32. The summed E-state index contributed by atoms with van der Waals surface area (Å²) in [4.78, 5) is 42.2. The van der Waals surface area contributed by atoms with Gasteiger partial charge >= 0.3 is 6.03 Å². The van der Waals surface area contributed by atoms with Gasteiger partial charge in [0.2, 0.25) is 5.91 Å². The van der Waals surface area contributed by atoms with Crippen LogP contribution in [0.15, 0.2) is 48.5 Å². The van der Waals surface area contributed by atoms with Gasteiger partial charge in [-0.15, -0.1) is 0 Å². The van der Waals surface area contributed by atoms with Gasteiger partial charge in [-0.3, -0.25) is 9.59 Å². The van der Waals surface area contributed by atoms with Crippen molar-refractivity contribution < 1.29 is 14.4 Å². The molecule has 32 heavy (non-hydrogen) atoms. The maximum absolute atomic E-state index is 13.0. The van der Waals surface area contributed by atoms with Crippen molar-refractivity contribution in [3.05, 3.63) is 59.1 Å². The van der Waals surface area contributed by atoms with E-state index in [0.29, 0.717) is 35.1 Å². The molecule has 8 heteroatoms. The summed E-state index contributed by atoms with van der Waals surface area (Å²) in [7, 11) is 0. The molecular weight excluding hydrogens is 428 g/mol. The molecule has 4 amide bonds. The van der Waals surface area contributed by atoms with Crippen molar-refractivity contribution in [3.8, 4) is 0 Å². The number of urea groups is 1. The second-order valence-corrected chi connectivity index (χ2v) is 8.69. The normalized spacial score (nSPS) is 18.3. The molecule has 1 unspecified atom stereocenters. The van der Waals surface area contributed by atoms with Crippen molar-refractivity contribution in [2.45, 2.75) is 25.7 Å². The molecule has 0 spiro atoms. The van der Waals surface area contributed by atoms with Gasteiger partial charge in [-0.25, -0.2) is 4.79 Å². The number of hydrogen-bond donors (Lipinski definition) is 2. The Hall–Kier alpha value is -3.06. The minimum Gasteiger partial charge on any atom is -0.325 e. The van der Waals surface area contributed by atoms with Gasteiger partial charge in [0, 0.05) is 36.9 Å². The van der Waals surface area contributed by atoms with Crippen molar-refractivity contribution in [1.29, 1.82) is 0 Å². The van der Waals surface area contributed by atoms with Crippen molar-refractivity contribution in [2.75, 3.05) is 36.8 Å². The van der Waals surface area contributed by atoms with E-state index in [1.165, 1.54) is 0 Å². The standard InChI is InChI=1S/C24H27ClN4O3/c25-18-9-11-19(12-10-18)26-23(31)20-7-1-2-8-21(20)27-22(30)17-6-5-15-29(16-17)24(32)28-13-3-4-14-28/h1-2,7-12,17H,3-6,13-16H2,(H,26,31)(H,27,30). The first kappa shape index (κ1) is 22.1. The van der Waals surface area contributed by atoms with Crippen LogP contribution >= 0.6 is 11.6 Å². The summed E-state index contributed by atoms with van der Waals surface area (Å²) in [6.45, 7) is 2.67. The van der Waals surface area contributed by atoms with Crippen molar-refractivity contribution in [3.63, 3.8) is 0 Å². The molecule has 0 saturated carbocycles. The number of amides is 4. The SMILES string of the molecule is O=C(Nc1ccc(Cl)cc1)c1ccccc1NC(=O)C1CCCN(C(=O)N2CCCC2)C1. The molecule has 2 N–H and O–H groups in total. The van der Waals surface area contributed by atoms with Crippen molar-refractivity contribution in [2.24, 2.45) is 5.92 Å². The number of carbonyl (C=O) groups is 3. The molecule has 0 radical (unpaired) electrons. The van der Waals surface area contributed by atoms with E-state index in [-0.39, 0.29) is 23.8 Å². The van der Waals surface area contributed by atoms with Crippen LogP contribution in [0, 0.1) is 5.92 Å². The number of benzene rings is 2. The first-order valence-electron chi connectivity index (χ1n) is 11.0. The van der Waals surface area contributed by atoms with Crippen LogP contribution in [0.5, 0.6) is 0 Å². The Morgan fingerprint density at radius 3 is 2.28 bits per heavy atom. The van der Waals surface area contributed by atoms with Crippen LogP contribution in [0.2, 0.25) is 5.02 Å². The fourth-order valence-corrected chi connectivity index (χ4v) is 4.36. The predicted molar refractivity (Wildman–Crippen MR) is 125 cm³/mol. The van der Waals surface area contributed by atoms with Gasteiger partial charge in [0.1, 0.15) is 0 Å².